The Morgan fingerprint density at radius 2 is 1.81 bits per heavy atom. The van der Waals surface area contributed by atoms with Gasteiger partial charge < -0.3 is 15.0 Å². The highest BCUT2D eigenvalue weighted by Gasteiger charge is 2.23. The highest BCUT2D eigenvalue weighted by molar-refractivity contribution is 6.31. The molecule has 142 valence electrons. The maximum Gasteiger partial charge on any atom is 0.256 e. The first kappa shape index (κ1) is 19.2. The van der Waals surface area contributed by atoms with Crippen LogP contribution in [0.25, 0.3) is 0 Å². The predicted octanol–water partition coefficient (Wildman–Crippen LogP) is 4.16. The van der Waals surface area contributed by atoms with Gasteiger partial charge in [-0.05, 0) is 55.7 Å². The van der Waals surface area contributed by atoms with Crippen LogP contribution in [0.5, 0.6) is 5.75 Å². The SMILES string of the molecule is CCOc1ccc(CC(=O)Nc2ccc(Cl)cc2C(=O)N2CCCC2)cc1. The largest absolute Gasteiger partial charge is 0.494 e. The molecule has 0 unspecified atom stereocenters. The highest BCUT2D eigenvalue weighted by Crippen LogP contribution is 2.24. The second-order valence-electron chi connectivity index (χ2n) is 6.49. The summed E-state index contributed by atoms with van der Waals surface area (Å²) in [5.74, 6) is 0.501. The van der Waals surface area contributed by atoms with Crippen molar-refractivity contribution in [1.29, 1.82) is 0 Å². The molecule has 2 aromatic carbocycles. The normalized spacial score (nSPS) is 13.5. The van der Waals surface area contributed by atoms with Crippen LogP contribution in [0.4, 0.5) is 5.69 Å². The lowest BCUT2D eigenvalue weighted by molar-refractivity contribution is -0.115. The lowest BCUT2D eigenvalue weighted by Crippen LogP contribution is -2.29. The van der Waals surface area contributed by atoms with E-state index >= 15 is 0 Å². The van der Waals surface area contributed by atoms with E-state index in [1.807, 2.05) is 31.2 Å². The Kier molecular flexibility index (Phi) is 6.35. The van der Waals surface area contributed by atoms with E-state index < -0.39 is 0 Å². The number of anilines is 1. The molecule has 1 aliphatic rings. The summed E-state index contributed by atoms with van der Waals surface area (Å²) >= 11 is 6.08. The van der Waals surface area contributed by atoms with Crippen molar-refractivity contribution in [3.8, 4) is 5.75 Å². The van der Waals surface area contributed by atoms with E-state index in [1.165, 1.54) is 0 Å². The van der Waals surface area contributed by atoms with Crippen LogP contribution in [0.2, 0.25) is 5.02 Å². The van der Waals surface area contributed by atoms with Crippen LogP contribution in [0.3, 0.4) is 0 Å². The number of carbonyl (C=O) groups is 2. The number of likely N-dealkylation sites (tertiary alicyclic amines) is 1. The zero-order valence-electron chi connectivity index (χ0n) is 15.3. The Bertz CT molecular complexity index is 815. The van der Waals surface area contributed by atoms with Crippen LogP contribution in [0, 0.1) is 0 Å². The van der Waals surface area contributed by atoms with Gasteiger partial charge in [-0.3, -0.25) is 9.59 Å². The molecule has 1 heterocycles. The molecule has 0 bridgehead atoms. The van der Waals surface area contributed by atoms with Gasteiger partial charge in [-0.15, -0.1) is 0 Å². The molecule has 1 N–H and O–H groups in total. The summed E-state index contributed by atoms with van der Waals surface area (Å²) in [6.45, 7) is 4.01. The molecule has 5 nitrogen and oxygen atoms in total. The highest BCUT2D eigenvalue weighted by atomic mass is 35.5. The lowest BCUT2D eigenvalue weighted by Gasteiger charge is -2.18. The number of carbonyl (C=O) groups excluding carboxylic acids is 2. The van der Waals surface area contributed by atoms with Crippen LogP contribution in [0.15, 0.2) is 42.5 Å². The fraction of sp³-hybridized carbons (Fsp3) is 0.333. The topological polar surface area (TPSA) is 58.6 Å². The number of rotatable bonds is 6. The van der Waals surface area contributed by atoms with Gasteiger partial charge in [0.1, 0.15) is 5.75 Å². The Morgan fingerprint density at radius 3 is 2.48 bits per heavy atom. The first-order valence-electron chi connectivity index (χ1n) is 9.17. The monoisotopic (exact) mass is 386 g/mol. The van der Waals surface area contributed by atoms with Crippen LogP contribution < -0.4 is 10.1 Å². The molecule has 1 saturated heterocycles. The molecule has 0 saturated carbocycles. The molecule has 3 rings (SSSR count). The van der Waals surface area contributed by atoms with Crippen molar-refractivity contribution in [3.63, 3.8) is 0 Å². The third-order valence-corrected chi connectivity index (χ3v) is 4.71. The minimum Gasteiger partial charge on any atom is -0.494 e. The number of hydrogen-bond acceptors (Lipinski definition) is 3. The van der Waals surface area contributed by atoms with Crippen molar-refractivity contribution in [3.05, 3.63) is 58.6 Å². The minimum atomic E-state index is -0.183. The predicted molar refractivity (Wildman–Crippen MR) is 107 cm³/mol. The molecule has 0 atom stereocenters. The summed E-state index contributed by atoms with van der Waals surface area (Å²) in [5.41, 5.74) is 1.80. The second-order valence-corrected chi connectivity index (χ2v) is 6.93. The molecule has 1 aliphatic heterocycles. The van der Waals surface area contributed by atoms with E-state index in [-0.39, 0.29) is 18.2 Å². The number of amides is 2. The first-order valence-corrected chi connectivity index (χ1v) is 9.55. The standard InChI is InChI=1S/C21H23ClN2O3/c1-2-27-17-8-5-15(6-9-17)13-20(25)23-19-10-7-16(22)14-18(19)21(26)24-11-3-4-12-24/h5-10,14H,2-4,11-13H2,1H3,(H,23,25). The van der Waals surface area contributed by atoms with Crippen LogP contribution in [0.1, 0.15) is 35.7 Å². The number of nitrogens with zero attached hydrogens (tertiary/aromatic N) is 1. The van der Waals surface area contributed by atoms with E-state index in [1.54, 1.807) is 23.1 Å². The maximum absolute atomic E-state index is 12.8. The number of benzene rings is 2. The quantitative estimate of drug-likeness (QED) is 0.811. The molecular weight excluding hydrogens is 364 g/mol. The van der Waals surface area contributed by atoms with Gasteiger partial charge in [0, 0.05) is 18.1 Å². The smallest absolute Gasteiger partial charge is 0.256 e. The van der Waals surface area contributed by atoms with Crippen molar-refractivity contribution in [2.24, 2.45) is 0 Å². The molecule has 0 aliphatic carbocycles. The molecule has 0 spiro atoms. The van der Waals surface area contributed by atoms with E-state index in [9.17, 15) is 9.59 Å². The van der Waals surface area contributed by atoms with E-state index in [2.05, 4.69) is 5.32 Å². The molecule has 2 aromatic rings. The summed E-state index contributed by atoms with van der Waals surface area (Å²) in [6.07, 6.45) is 2.23. The Labute approximate surface area is 164 Å². The number of ether oxygens (including phenoxy) is 1. The van der Waals surface area contributed by atoms with Crippen molar-refractivity contribution < 1.29 is 14.3 Å². The van der Waals surface area contributed by atoms with Crippen LogP contribution >= 0.6 is 11.6 Å². The van der Waals surface area contributed by atoms with Gasteiger partial charge in [0.2, 0.25) is 5.91 Å². The van der Waals surface area contributed by atoms with Crippen molar-refractivity contribution in [2.45, 2.75) is 26.2 Å². The van der Waals surface area contributed by atoms with Gasteiger partial charge >= 0.3 is 0 Å². The van der Waals surface area contributed by atoms with Gasteiger partial charge in [0.05, 0.1) is 24.3 Å². The number of halogens is 1. The third kappa shape index (κ3) is 5.01. The van der Waals surface area contributed by atoms with Crippen molar-refractivity contribution in [1.82, 2.24) is 4.90 Å². The minimum absolute atomic E-state index is 0.0913. The molecular formula is C21H23ClN2O3. The molecule has 1 fully saturated rings. The number of nitrogens with one attached hydrogen (secondary N) is 1. The molecule has 2 amide bonds. The summed E-state index contributed by atoms with van der Waals surface area (Å²) < 4.78 is 5.41. The van der Waals surface area contributed by atoms with Gasteiger partial charge in [-0.1, -0.05) is 23.7 Å². The van der Waals surface area contributed by atoms with Gasteiger partial charge in [0.25, 0.3) is 5.91 Å². The fourth-order valence-electron chi connectivity index (χ4n) is 3.14. The van der Waals surface area contributed by atoms with E-state index in [0.29, 0.717) is 22.9 Å². The van der Waals surface area contributed by atoms with Crippen molar-refractivity contribution >= 4 is 29.1 Å². The van der Waals surface area contributed by atoms with E-state index in [0.717, 1.165) is 37.2 Å². The Balaban J connectivity index is 1.70. The third-order valence-electron chi connectivity index (χ3n) is 4.48. The van der Waals surface area contributed by atoms with Gasteiger partial charge in [-0.25, -0.2) is 0 Å². The first-order chi connectivity index (χ1) is 13.1. The lowest BCUT2D eigenvalue weighted by atomic mass is 10.1. The second kappa shape index (κ2) is 8.91. The molecule has 0 aromatic heterocycles. The summed E-state index contributed by atoms with van der Waals surface area (Å²) in [6, 6.07) is 12.4. The Hall–Kier alpha value is -2.53. The molecule has 0 radical (unpaired) electrons. The summed E-state index contributed by atoms with van der Waals surface area (Å²) in [5, 5.41) is 3.33. The van der Waals surface area contributed by atoms with Crippen molar-refractivity contribution in [2.75, 3.05) is 25.0 Å². The van der Waals surface area contributed by atoms with E-state index in [4.69, 9.17) is 16.3 Å². The van der Waals surface area contributed by atoms with Crippen LogP contribution in [-0.4, -0.2) is 36.4 Å². The average Bonchev–Trinajstić information content (AvgIpc) is 3.19. The average molecular weight is 387 g/mol. The van der Waals surface area contributed by atoms with Crippen LogP contribution in [-0.2, 0) is 11.2 Å². The molecule has 6 heteroatoms. The zero-order chi connectivity index (χ0) is 19.2. The van der Waals surface area contributed by atoms with Gasteiger partial charge in [0.15, 0.2) is 0 Å². The number of hydrogen-bond donors (Lipinski definition) is 1. The summed E-state index contributed by atoms with van der Waals surface area (Å²) in [4.78, 5) is 27.0. The maximum atomic E-state index is 12.8. The van der Waals surface area contributed by atoms with Gasteiger partial charge in [-0.2, -0.15) is 0 Å². The molecule has 27 heavy (non-hydrogen) atoms. The Morgan fingerprint density at radius 1 is 1.11 bits per heavy atom. The zero-order valence-corrected chi connectivity index (χ0v) is 16.1. The summed E-state index contributed by atoms with van der Waals surface area (Å²) in [7, 11) is 0. The fourth-order valence-corrected chi connectivity index (χ4v) is 3.32.